The lowest BCUT2D eigenvalue weighted by Gasteiger charge is -2.39. The summed E-state index contributed by atoms with van der Waals surface area (Å²) in [6.07, 6.45) is 1.22. The monoisotopic (exact) mass is 528 g/mol. The second-order valence-electron chi connectivity index (χ2n) is 8.95. The molecule has 0 aliphatic carbocycles. The number of halogens is 1. The van der Waals surface area contributed by atoms with Crippen LogP contribution in [0.5, 0.6) is 23.0 Å². The number of hydrogen-bond donors (Lipinski definition) is 0. The number of fused-ring (bicyclic) bond motifs is 1. The predicted molar refractivity (Wildman–Crippen MR) is 136 cm³/mol. The van der Waals surface area contributed by atoms with E-state index in [0.717, 1.165) is 17.7 Å². The number of ether oxygens (including phenoxy) is 4. The Morgan fingerprint density at radius 2 is 1.70 bits per heavy atom. The van der Waals surface area contributed by atoms with Gasteiger partial charge in [0.05, 0.1) is 24.8 Å². The van der Waals surface area contributed by atoms with Crippen molar-refractivity contribution >= 4 is 15.7 Å². The summed E-state index contributed by atoms with van der Waals surface area (Å²) in [7, 11) is -0.736. The number of sulfonamides is 1. The summed E-state index contributed by atoms with van der Waals surface area (Å²) in [6, 6.07) is 15.6. The van der Waals surface area contributed by atoms with Gasteiger partial charge < -0.3 is 18.9 Å². The second kappa shape index (κ2) is 10.5. The van der Waals surface area contributed by atoms with Crippen molar-refractivity contribution in [3.8, 4) is 23.0 Å². The summed E-state index contributed by atoms with van der Waals surface area (Å²) in [4.78, 5) is 2.31. The number of nitrogens with zero attached hydrogens (tertiary/aromatic N) is 2. The first-order valence-corrected chi connectivity index (χ1v) is 13.5. The SMILES string of the molecule is COc1cccc(CN2CCC(N(c3ccc4c(c3)OCO4)S(=O)(=O)c3ccc(F)cc3)CC2)c1OC. The number of methoxy groups -OCH3 is 2. The van der Waals surface area contributed by atoms with Crippen molar-refractivity contribution < 1.29 is 31.8 Å². The highest BCUT2D eigenvalue weighted by Crippen LogP contribution is 2.39. The van der Waals surface area contributed by atoms with Crippen LogP contribution in [0.3, 0.4) is 0 Å². The zero-order chi connectivity index (χ0) is 26.0. The topological polar surface area (TPSA) is 77.5 Å². The highest BCUT2D eigenvalue weighted by atomic mass is 32.2. The maximum absolute atomic E-state index is 13.9. The minimum absolute atomic E-state index is 0.0371. The molecule has 10 heteroatoms. The Bertz CT molecular complexity index is 1360. The van der Waals surface area contributed by atoms with Crippen molar-refractivity contribution in [1.82, 2.24) is 4.90 Å². The molecule has 196 valence electrons. The van der Waals surface area contributed by atoms with E-state index in [1.165, 1.54) is 16.4 Å². The van der Waals surface area contributed by atoms with Gasteiger partial charge in [0, 0.05) is 37.3 Å². The lowest BCUT2D eigenvalue weighted by atomic mass is 10.0. The lowest BCUT2D eigenvalue weighted by molar-refractivity contribution is 0.174. The highest BCUT2D eigenvalue weighted by Gasteiger charge is 2.35. The van der Waals surface area contributed by atoms with Gasteiger partial charge in [0.1, 0.15) is 5.82 Å². The number of piperidine rings is 1. The maximum atomic E-state index is 13.9. The predicted octanol–water partition coefficient (Wildman–Crippen LogP) is 4.43. The van der Waals surface area contributed by atoms with Gasteiger partial charge in [-0.25, -0.2) is 12.8 Å². The van der Waals surface area contributed by atoms with Gasteiger partial charge in [-0.15, -0.1) is 0 Å². The van der Waals surface area contributed by atoms with Gasteiger partial charge >= 0.3 is 0 Å². The standard InChI is InChI=1S/C27H29FN2O6S/c1-33-25-5-3-4-19(27(25)34-2)17-29-14-12-21(13-15-29)30(22-8-11-24-26(16-22)36-18-35-24)37(31,32)23-9-6-20(28)7-10-23/h3-11,16,21H,12-15,17-18H2,1-2H3. The van der Waals surface area contributed by atoms with E-state index in [4.69, 9.17) is 18.9 Å². The molecule has 2 heterocycles. The molecule has 3 aromatic rings. The summed E-state index contributed by atoms with van der Waals surface area (Å²) in [5.41, 5.74) is 1.49. The van der Waals surface area contributed by atoms with E-state index < -0.39 is 15.8 Å². The number of benzene rings is 3. The first-order chi connectivity index (χ1) is 17.9. The van der Waals surface area contributed by atoms with Crippen molar-refractivity contribution in [3.63, 3.8) is 0 Å². The van der Waals surface area contributed by atoms with Crippen LogP contribution in [0.15, 0.2) is 65.6 Å². The summed E-state index contributed by atoms with van der Waals surface area (Å²) in [5.74, 6) is 1.96. The van der Waals surface area contributed by atoms with Crippen LogP contribution in [0.4, 0.5) is 10.1 Å². The van der Waals surface area contributed by atoms with Crippen LogP contribution in [0.25, 0.3) is 0 Å². The number of para-hydroxylation sites is 1. The van der Waals surface area contributed by atoms with Crippen LogP contribution < -0.4 is 23.3 Å². The van der Waals surface area contributed by atoms with Gasteiger partial charge in [0.25, 0.3) is 10.0 Å². The van der Waals surface area contributed by atoms with E-state index in [2.05, 4.69) is 4.90 Å². The van der Waals surface area contributed by atoms with Crippen molar-refractivity contribution in [3.05, 3.63) is 72.0 Å². The molecule has 0 bridgehead atoms. The molecular weight excluding hydrogens is 499 g/mol. The van der Waals surface area contributed by atoms with Crippen LogP contribution in [0.2, 0.25) is 0 Å². The summed E-state index contributed by atoms with van der Waals surface area (Å²) < 4.78 is 64.7. The molecule has 3 aromatic carbocycles. The van der Waals surface area contributed by atoms with Crippen LogP contribution >= 0.6 is 0 Å². The molecule has 2 aliphatic heterocycles. The van der Waals surface area contributed by atoms with Gasteiger partial charge in [0.2, 0.25) is 6.79 Å². The fourth-order valence-corrected chi connectivity index (χ4v) is 6.62. The minimum atomic E-state index is -3.97. The van der Waals surface area contributed by atoms with Crippen molar-refractivity contribution in [2.24, 2.45) is 0 Å². The normalized spacial score (nSPS) is 16.0. The van der Waals surface area contributed by atoms with Crippen LogP contribution in [0, 0.1) is 5.82 Å². The van der Waals surface area contributed by atoms with Crippen molar-refractivity contribution in [1.29, 1.82) is 0 Å². The number of anilines is 1. The molecule has 0 atom stereocenters. The third-order valence-corrected chi connectivity index (χ3v) is 8.64. The van der Waals surface area contributed by atoms with E-state index in [0.29, 0.717) is 61.2 Å². The second-order valence-corrected chi connectivity index (χ2v) is 10.8. The average molecular weight is 529 g/mol. The molecule has 5 rings (SSSR count). The highest BCUT2D eigenvalue weighted by molar-refractivity contribution is 7.92. The Morgan fingerprint density at radius 3 is 2.41 bits per heavy atom. The molecule has 0 unspecified atom stereocenters. The molecule has 2 aliphatic rings. The van der Waals surface area contributed by atoms with E-state index >= 15 is 0 Å². The molecular formula is C27H29FN2O6S. The molecule has 8 nitrogen and oxygen atoms in total. The Balaban J connectivity index is 1.40. The van der Waals surface area contributed by atoms with Gasteiger partial charge in [0.15, 0.2) is 23.0 Å². The quantitative estimate of drug-likeness (QED) is 0.428. The molecule has 0 aromatic heterocycles. The smallest absolute Gasteiger partial charge is 0.264 e. The molecule has 1 fully saturated rings. The number of rotatable bonds is 8. The molecule has 0 radical (unpaired) electrons. The van der Waals surface area contributed by atoms with Gasteiger partial charge in [-0.3, -0.25) is 9.21 Å². The summed E-state index contributed by atoms with van der Waals surface area (Å²) in [5, 5.41) is 0. The first kappa shape index (κ1) is 25.2. The Kier molecular flexibility index (Phi) is 7.12. The van der Waals surface area contributed by atoms with Crippen molar-refractivity contribution in [2.45, 2.75) is 30.3 Å². The lowest BCUT2D eigenvalue weighted by Crippen LogP contribution is -2.47. The molecule has 0 saturated carbocycles. The van der Waals surface area contributed by atoms with Crippen LogP contribution in [-0.2, 0) is 16.6 Å². The molecule has 1 saturated heterocycles. The zero-order valence-electron chi connectivity index (χ0n) is 20.7. The molecule has 0 spiro atoms. The maximum Gasteiger partial charge on any atom is 0.264 e. The van der Waals surface area contributed by atoms with Crippen LogP contribution in [-0.4, -0.2) is 53.5 Å². The summed E-state index contributed by atoms with van der Waals surface area (Å²) >= 11 is 0. The van der Waals surface area contributed by atoms with Gasteiger partial charge in [-0.05, 0) is 55.3 Å². The van der Waals surface area contributed by atoms with E-state index in [-0.39, 0.29) is 17.7 Å². The Hall–Kier alpha value is -3.50. The van der Waals surface area contributed by atoms with E-state index in [9.17, 15) is 12.8 Å². The van der Waals surface area contributed by atoms with Crippen molar-refractivity contribution in [2.75, 3.05) is 38.4 Å². The Labute approximate surface area is 216 Å². The Morgan fingerprint density at radius 1 is 0.973 bits per heavy atom. The number of hydrogen-bond acceptors (Lipinski definition) is 7. The van der Waals surface area contributed by atoms with E-state index in [1.54, 1.807) is 32.4 Å². The molecule has 37 heavy (non-hydrogen) atoms. The first-order valence-electron chi connectivity index (χ1n) is 12.0. The minimum Gasteiger partial charge on any atom is -0.493 e. The molecule has 0 amide bonds. The third kappa shape index (κ3) is 5.03. The third-order valence-electron chi connectivity index (χ3n) is 6.75. The number of likely N-dealkylation sites (tertiary alicyclic amines) is 1. The van der Waals surface area contributed by atoms with Gasteiger partial charge in [-0.1, -0.05) is 12.1 Å². The molecule has 0 N–H and O–H groups in total. The average Bonchev–Trinajstić information content (AvgIpc) is 3.38. The zero-order valence-corrected chi connectivity index (χ0v) is 21.5. The van der Waals surface area contributed by atoms with Gasteiger partial charge in [-0.2, -0.15) is 0 Å². The largest absolute Gasteiger partial charge is 0.493 e. The van der Waals surface area contributed by atoms with Crippen LogP contribution in [0.1, 0.15) is 18.4 Å². The fourth-order valence-electron chi connectivity index (χ4n) is 4.92. The fraction of sp³-hybridized carbons (Fsp3) is 0.333. The summed E-state index contributed by atoms with van der Waals surface area (Å²) in [6.45, 7) is 2.12. The van der Waals surface area contributed by atoms with E-state index in [1.807, 2.05) is 18.2 Å².